The molecule has 2 nitrogen and oxygen atoms in total. The summed E-state index contributed by atoms with van der Waals surface area (Å²) in [6.07, 6.45) is 3.04. The minimum atomic E-state index is 0.188. The third-order valence-electron chi connectivity index (χ3n) is 3.20. The van der Waals surface area contributed by atoms with E-state index in [2.05, 4.69) is 32.6 Å². The van der Waals surface area contributed by atoms with Gasteiger partial charge in [-0.25, -0.2) is 0 Å². The van der Waals surface area contributed by atoms with Gasteiger partial charge in [0.15, 0.2) is 0 Å². The highest BCUT2D eigenvalue weighted by atomic mass is 16.2. The normalized spacial score (nSPS) is 19.2. The monoisotopic (exact) mass is 197 g/mol. The predicted octanol–water partition coefficient (Wildman–Crippen LogP) is 2.82. The summed E-state index contributed by atoms with van der Waals surface area (Å²) in [5.74, 6) is 0.315. The molecule has 0 aromatic carbocycles. The molecule has 0 radical (unpaired) electrons. The molecule has 0 bridgehead atoms. The molecule has 1 fully saturated rings. The molecule has 0 heterocycles. The highest BCUT2D eigenvalue weighted by molar-refractivity contribution is 5.77. The van der Waals surface area contributed by atoms with Crippen molar-refractivity contribution in [3.8, 4) is 0 Å². The van der Waals surface area contributed by atoms with Crippen LogP contribution >= 0.6 is 0 Å². The molecule has 1 aliphatic rings. The van der Waals surface area contributed by atoms with Crippen molar-refractivity contribution in [2.24, 2.45) is 5.41 Å². The summed E-state index contributed by atoms with van der Waals surface area (Å²) in [6.45, 7) is 10.7. The molecule has 1 saturated carbocycles. The molecular weight excluding hydrogens is 174 g/mol. The van der Waals surface area contributed by atoms with Crippen molar-refractivity contribution < 1.29 is 4.79 Å². The van der Waals surface area contributed by atoms with Crippen LogP contribution in [0.5, 0.6) is 0 Å². The van der Waals surface area contributed by atoms with E-state index in [0.29, 0.717) is 24.4 Å². The lowest BCUT2D eigenvalue weighted by Gasteiger charge is -2.38. The third kappa shape index (κ3) is 2.49. The van der Waals surface area contributed by atoms with Gasteiger partial charge >= 0.3 is 0 Å². The van der Waals surface area contributed by atoms with E-state index < -0.39 is 0 Å². The molecular formula is C12H23NO. The van der Waals surface area contributed by atoms with Crippen molar-refractivity contribution in [2.45, 2.75) is 66.0 Å². The second-order valence-electron chi connectivity index (χ2n) is 5.43. The Morgan fingerprint density at radius 3 is 2.21 bits per heavy atom. The summed E-state index contributed by atoms with van der Waals surface area (Å²) in [5, 5.41) is 0. The van der Waals surface area contributed by atoms with Crippen LogP contribution in [0.4, 0.5) is 0 Å². The average molecular weight is 197 g/mol. The molecule has 2 heteroatoms. The number of amides is 1. The fourth-order valence-corrected chi connectivity index (χ4v) is 1.69. The quantitative estimate of drug-likeness (QED) is 0.681. The number of carbonyl (C=O) groups excluding carboxylic acids is 1. The van der Waals surface area contributed by atoms with Gasteiger partial charge in [0.25, 0.3) is 0 Å². The van der Waals surface area contributed by atoms with Gasteiger partial charge in [0.05, 0.1) is 0 Å². The molecule has 0 unspecified atom stereocenters. The van der Waals surface area contributed by atoms with Crippen molar-refractivity contribution in [1.29, 1.82) is 0 Å². The van der Waals surface area contributed by atoms with Gasteiger partial charge in [-0.1, -0.05) is 27.7 Å². The molecule has 14 heavy (non-hydrogen) atoms. The molecule has 0 spiro atoms. The third-order valence-corrected chi connectivity index (χ3v) is 3.20. The van der Waals surface area contributed by atoms with Gasteiger partial charge in [0.2, 0.25) is 5.91 Å². The lowest BCUT2D eigenvalue weighted by atomic mass is 9.86. The van der Waals surface area contributed by atoms with Crippen molar-refractivity contribution >= 4 is 5.91 Å². The van der Waals surface area contributed by atoms with Crippen LogP contribution in [0.15, 0.2) is 0 Å². The maximum Gasteiger partial charge on any atom is 0.222 e. The van der Waals surface area contributed by atoms with E-state index in [-0.39, 0.29) is 5.41 Å². The number of carbonyl (C=O) groups is 1. The lowest BCUT2D eigenvalue weighted by molar-refractivity contribution is -0.135. The van der Waals surface area contributed by atoms with E-state index in [1.54, 1.807) is 0 Å². The molecule has 0 aliphatic heterocycles. The first-order chi connectivity index (χ1) is 6.38. The number of hydrogen-bond acceptors (Lipinski definition) is 1. The van der Waals surface area contributed by atoms with Crippen LogP contribution in [0.1, 0.15) is 53.9 Å². The van der Waals surface area contributed by atoms with Crippen LogP contribution in [0.3, 0.4) is 0 Å². The smallest absolute Gasteiger partial charge is 0.222 e. The van der Waals surface area contributed by atoms with Crippen molar-refractivity contribution in [2.75, 3.05) is 0 Å². The fraction of sp³-hybridized carbons (Fsp3) is 0.917. The van der Waals surface area contributed by atoms with Crippen molar-refractivity contribution in [1.82, 2.24) is 4.90 Å². The second-order valence-corrected chi connectivity index (χ2v) is 5.43. The Bertz CT molecular complexity index is 213. The minimum absolute atomic E-state index is 0.188. The number of hydrogen-bond donors (Lipinski definition) is 0. The molecule has 82 valence electrons. The highest BCUT2D eigenvalue weighted by Gasteiger charge is 2.38. The summed E-state index contributed by atoms with van der Waals surface area (Å²) in [7, 11) is 0. The molecule has 1 atom stereocenters. The van der Waals surface area contributed by atoms with Crippen molar-refractivity contribution in [3.63, 3.8) is 0 Å². The minimum Gasteiger partial charge on any atom is -0.336 e. The number of nitrogens with zero attached hydrogens (tertiary/aromatic N) is 1. The Kier molecular flexibility index (Phi) is 3.23. The maximum atomic E-state index is 11.8. The van der Waals surface area contributed by atoms with Gasteiger partial charge in [-0.15, -0.1) is 0 Å². The van der Waals surface area contributed by atoms with Crippen molar-refractivity contribution in [3.05, 3.63) is 0 Å². The predicted molar refractivity (Wildman–Crippen MR) is 59.1 cm³/mol. The SMILES string of the molecule is CCC(=O)N(C1CC1)[C@H](C)C(C)(C)C. The summed E-state index contributed by atoms with van der Waals surface area (Å²) in [5.41, 5.74) is 0.188. The van der Waals surface area contributed by atoms with E-state index >= 15 is 0 Å². The topological polar surface area (TPSA) is 20.3 Å². The summed E-state index contributed by atoms with van der Waals surface area (Å²) in [4.78, 5) is 13.9. The largest absolute Gasteiger partial charge is 0.336 e. The lowest BCUT2D eigenvalue weighted by Crippen LogP contribution is -2.46. The van der Waals surface area contributed by atoms with E-state index in [0.717, 1.165) is 0 Å². The van der Waals surface area contributed by atoms with Gasteiger partial charge in [-0.2, -0.15) is 0 Å². The Hall–Kier alpha value is -0.530. The fourth-order valence-electron chi connectivity index (χ4n) is 1.69. The Labute approximate surface area is 87.7 Å². The zero-order valence-corrected chi connectivity index (χ0v) is 10.1. The first-order valence-electron chi connectivity index (χ1n) is 5.69. The van der Waals surface area contributed by atoms with Crippen LogP contribution in [0, 0.1) is 5.41 Å². The second kappa shape index (κ2) is 3.92. The zero-order chi connectivity index (χ0) is 10.9. The summed E-state index contributed by atoms with van der Waals surface area (Å²) < 4.78 is 0. The molecule has 0 aromatic rings. The van der Waals surface area contributed by atoms with Gasteiger partial charge in [-0.3, -0.25) is 4.79 Å². The van der Waals surface area contributed by atoms with Crippen LogP contribution < -0.4 is 0 Å². The Morgan fingerprint density at radius 1 is 1.43 bits per heavy atom. The average Bonchev–Trinajstić information content (AvgIpc) is 2.86. The summed E-state index contributed by atoms with van der Waals surface area (Å²) in [6, 6.07) is 0.888. The van der Waals surface area contributed by atoms with Crippen LogP contribution in [0.2, 0.25) is 0 Å². The maximum absolute atomic E-state index is 11.8. The molecule has 0 N–H and O–H groups in total. The Balaban J connectivity index is 2.72. The molecule has 1 rings (SSSR count). The summed E-state index contributed by atoms with van der Waals surface area (Å²) >= 11 is 0. The van der Waals surface area contributed by atoms with Gasteiger partial charge in [0, 0.05) is 18.5 Å². The van der Waals surface area contributed by atoms with Crippen LogP contribution in [0.25, 0.3) is 0 Å². The zero-order valence-electron chi connectivity index (χ0n) is 10.1. The van der Waals surface area contributed by atoms with E-state index in [9.17, 15) is 4.79 Å². The van der Waals surface area contributed by atoms with Gasteiger partial charge < -0.3 is 4.90 Å². The van der Waals surface area contributed by atoms with Gasteiger partial charge in [0.1, 0.15) is 0 Å². The highest BCUT2D eigenvalue weighted by Crippen LogP contribution is 2.34. The van der Waals surface area contributed by atoms with Crippen LogP contribution in [-0.2, 0) is 4.79 Å². The van der Waals surface area contributed by atoms with E-state index in [4.69, 9.17) is 0 Å². The molecule has 1 aliphatic carbocycles. The first kappa shape index (κ1) is 11.5. The van der Waals surface area contributed by atoms with Crippen LogP contribution in [-0.4, -0.2) is 22.9 Å². The number of rotatable bonds is 3. The Morgan fingerprint density at radius 2 is 1.93 bits per heavy atom. The standard InChI is InChI=1S/C12H23NO/c1-6-11(14)13(10-7-8-10)9(2)12(3,4)5/h9-10H,6-8H2,1-5H3/t9-/m1/s1. The molecule has 1 amide bonds. The van der Waals surface area contributed by atoms with E-state index in [1.807, 2.05) is 6.92 Å². The first-order valence-corrected chi connectivity index (χ1v) is 5.69. The molecule has 0 aromatic heterocycles. The van der Waals surface area contributed by atoms with E-state index in [1.165, 1.54) is 12.8 Å². The molecule has 0 saturated heterocycles. The van der Waals surface area contributed by atoms with Gasteiger partial charge in [-0.05, 0) is 25.2 Å².